The van der Waals surface area contributed by atoms with Crippen LogP contribution in [-0.4, -0.2) is 29.7 Å². The Morgan fingerprint density at radius 1 is 1.20 bits per heavy atom. The maximum Gasteiger partial charge on any atom is 0.421 e. The van der Waals surface area contributed by atoms with E-state index in [-0.39, 0.29) is 0 Å². The molecule has 1 atom stereocenters. The van der Waals surface area contributed by atoms with Crippen molar-refractivity contribution in [2.24, 2.45) is 11.5 Å². The van der Waals surface area contributed by atoms with Crippen LogP contribution in [0.5, 0.6) is 0 Å². The molecule has 0 aliphatic heterocycles. The summed E-state index contributed by atoms with van der Waals surface area (Å²) < 4.78 is 0. The summed E-state index contributed by atoms with van der Waals surface area (Å²) in [7, 11) is 0. The van der Waals surface area contributed by atoms with Crippen LogP contribution in [0.3, 0.4) is 0 Å². The number of hydrogen-bond donors (Lipinski definition) is 2. The first kappa shape index (κ1) is 13.0. The number of Topliss-reactive ketones (excluding diaryl/α,β-unsaturated/α-hetero) is 1. The van der Waals surface area contributed by atoms with E-state index in [0.717, 1.165) is 6.92 Å². The fourth-order valence-corrected chi connectivity index (χ4v) is 0.499. The van der Waals surface area contributed by atoms with Gasteiger partial charge in [0.15, 0.2) is 0 Å². The van der Waals surface area contributed by atoms with Gasteiger partial charge in [0.2, 0.25) is 11.7 Å². The summed E-state index contributed by atoms with van der Waals surface area (Å²) in [4.78, 5) is 49.7. The van der Waals surface area contributed by atoms with Crippen LogP contribution >= 0.6 is 0 Å². The molecular weight excluding hydrogens is 208 g/mol. The highest BCUT2D eigenvalue weighted by Gasteiger charge is 2.21. The van der Waals surface area contributed by atoms with Crippen molar-refractivity contribution in [3.8, 4) is 0 Å². The monoisotopic (exact) mass is 218 g/mol. The van der Waals surface area contributed by atoms with Crippen LogP contribution in [0.25, 0.3) is 0 Å². The minimum absolute atomic E-state index is 0.448. The number of rotatable bonds is 4. The Bertz CT molecular complexity index is 300. The molecule has 8 heteroatoms. The quantitative estimate of drug-likeness (QED) is 0.309. The van der Waals surface area contributed by atoms with Gasteiger partial charge in [-0.1, -0.05) is 0 Å². The molecule has 0 saturated heterocycles. The Hall–Kier alpha value is -1.96. The first-order chi connectivity index (χ1) is 6.84. The minimum atomic E-state index is -1.34. The topological polar surface area (TPSA) is 139 Å². The molecule has 0 aromatic rings. The number of hydrogen-bond acceptors (Lipinski definition) is 7. The van der Waals surface area contributed by atoms with Crippen molar-refractivity contribution in [2.45, 2.75) is 19.4 Å². The molecular formula is C7H10N2O6. The second-order valence-corrected chi connectivity index (χ2v) is 2.61. The molecule has 0 spiro atoms. The molecule has 0 radical (unpaired) electrons. The number of amides is 1. The van der Waals surface area contributed by atoms with Gasteiger partial charge in [-0.15, -0.1) is 0 Å². The van der Waals surface area contributed by atoms with Crippen LogP contribution < -0.4 is 11.5 Å². The summed E-state index contributed by atoms with van der Waals surface area (Å²) in [6, 6.07) is -1.33. The van der Waals surface area contributed by atoms with Gasteiger partial charge >= 0.3 is 11.9 Å². The average molecular weight is 218 g/mol. The predicted molar refractivity (Wildman–Crippen MR) is 44.7 cm³/mol. The second-order valence-electron chi connectivity index (χ2n) is 2.61. The SMILES string of the molecule is CC(=O)C(=O)OOC(=O)C(N)CC(N)=O. The first-order valence-electron chi connectivity index (χ1n) is 3.81. The van der Waals surface area contributed by atoms with Crippen LogP contribution in [0.4, 0.5) is 0 Å². The van der Waals surface area contributed by atoms with Crippen molar-refractivity contribution < 1.29 is 29.0 Å². The largest absolute Gasteiger partial charge is 0.421 e. The molecule has 84 valence electrons. The number of primary amides is 1. The highest BCUT2D eigenvalue weighted by Crippen LogP contribution is 1.93. The summed E-state index contributed by atoms with van der Waals surface area (Å²) in [6.07, 6.45) is -0.448. The van der Waals surface area contributed by atoms with E-state index in [9.17, 15) is 19.2 Å². The van der Waals surface area contributed by atoms with E-state index < -0.39 is 36.1 Å². The lowest BCUT2D eigenvalue weighted by molar-refractivity contribution is -0.257. The van der Waals surface area contributed by atoms with Crippen molar-refractivity contribution in [3.63, 3.8) is 0 Å². The molecule has 0 fully saturated rings. The molecule has 8 nitrogen and oxygen atoms in total. The molecule has 15 heavy (non-hydrogen) atoms. The third-order valence-electron chi connectivity index (χ3n) is 1.21. The fraction of sp³-hybridized carbons (Fsp3) is 0.429. The lowest BCUT2D eigenvalue weighted by atomic mass is 10.2. The summed E-state index contributed by atoms with van der Waals surface area (Å²) in [6.45, 7) is 0.930. The third kappa shape index (κ3) is 5.37. The molecule has 0 rings (SSSR count). The zero-order valence-electron chi connectivity index (χ0n) is 7.89. The van der Waals surface area contributed by atoms with E-state index in [1.165, 1.54) is 0 Å². The van der Waals surface area contributed by atoms with Crippen molar-refractivity contribution in [2.75, 3.05) is 0 Å². The Morgan fingerprint density at radius 2 is 1.73 bits per heavy atom. The lowest BCUT2D eigenvalue weighted by Gasteiger charge is -2.06. The van der Waals surface area contributed by atoms with Gasteiger partial charge in [-0.3, -0.25) is 9.59 Å². The minimum Gasteiger partial charge on any atom is -0.370 e. The van der Waals surface area contributed by atoms with Gasteiger partial charge in [0.05, 0.1) is 6.42 Å². The molecule has 0 aromatic heterocycles. The normalized spacial score (nSPS) is 11.3. The zero-order chi connectivity index (χ0) is 12.0. The molecule has 0 saturated carbocycles. The smallest absolute Gasteiger partial charge is 0.370 e. The van der Waals surface area contributed by atoms with E-state index >= 15 is 0 Å². The molecule has 1 amide bonds. The second kappa shape index (κ2) is 5.70. The fourth-order valence-electron chi connectivity index (χ4n) is 0.499. The number of ketones is 1. The highest BCUT2D eigenvalue weighted by molar-refractivity contribution is 6.32. The Labute approximate surface area is 84.4 Å². The van der Waals surface area contributed by atoms with Gasteiger partial charge in [0.25, 0.3) is 0 Å². The number of carbonyl (C=O) groups excluding carboxylic acids is 4. The highest BCUT2D eigenvalue weighted by atomic mass is 17.2. The van der Waals surface area contributed by atoms with E-state index in [1.807, 2.05) is 0 Å². The van der Waals surface area contributed by atoms with Crippen LogP contribution in [0.15, 0.2) is 0 Å². The number of nitrogens with two attached hydrogens (primary N) is 2. The van der Waals surface area contributed by atoms with Gasteiger partial charge in [0.1, 0.15) is 6.04 Å². The first-order valence-corrected chi connectivity index (χ1v) is 3.81. The summed E-state index contributed by atoms with van der Waals surface area (Å²) in [5.74, 6) is -4.25. The van der Waals surface area contributed by atoms with Crippen LogP contribution in [-0.2, 0) is 29.0 Å². The molecule has 0 aliphatic carbocycles. The Morgan fingerprint density at radius 3 is 2.13 bits per heavy atom. The molecule has 1 unspecified atom stereocenters. The maximum atomic E-state index is 10.9. The average Bonchev–Trinajstić information content (AvgIpc) is 2.12. The van der Waals surface area contributed by atoms with E-state index in [0.29, 0.717) is 0 Å². The lowest BCUT2D eigenvalue weighted by Crippen LogP contribution is -2.37. The Balaban J connectivity index is 3.98. The molecule has 4 N–H and O–H groups in total. The van der Waals surface area contributed by atoms with Gasteiger partial charge < -0.3 is 11.5 Å². The summed E-state index contributed by atoms with van der Waals surface area (Å²) >= 11 is 0. The standard InChI is InChI=1S/C7H10N2O6/c1-3(10)6(12)14-15-7(13)4(8)2-5(9)11/h4H,2,8H2,1H3,(H2,9,11). The number of carbonyl (C=O) groups is 4. The van der Waals surface area contributed by atoms with Crippen LogP contribution in [0, 0.1) is 0 Å². The summed E-state index contributed by atoms with van der Waals surface area (Å²) in [5, 5.41) is 0. The van der Waals surface area contributed by atoms with E-state index in [1.54, 1.807) is 0 Å². The third-order valence-corrected chi connectivity index (χ3v) is 1.21. The van der Waals surface area contributed by atoms with Crippen molar-refractivity contribution in [1.29, 1.82) is 0 Å². The van der Waals surface area contributed by atoms with Crippen molar-refractivity contribution in [1.82, 2.24) is 0 Å². The molecule has 0 heterocycles. The van der Waals surface area contributed by atoms with Crippen LogP contribution in [0.1, 0.15) is 13.3 Å². The zero-order valence-corrected chi connectivity index (χ0v) is 7.89. The molecule has 0 aliphatic rings. The van der Waals surface area contributed by atoms with Gasteiger partial charge in [0, 0.05) is 6.92 Å². The molecule has 0 bridgehead atoms. The summed E-state index contributed by atoms with van der Waals surface area (Å²) in [5.41, 5.74) is 9.88. The maximum absolute atomic E-state index is 10.9. The van der Waals surface area contributed by atoms with Crippen molar-refractivity contribution in [3.05, 3.63) is 0 Å². The van der Waals surface area contributed by atoms with E-state index in [4.69, 9.17) is 11.5 Å². The van der Waals surface area contributed by atoms with Gasteiger partial charge in [-0.05, 0) is 0 Å². The van der Waals surface area contributed by atoms with Gasteiger partial charge in [-0.2, -0.15) is 0 Å². The van der Waals surface area contributed by atoms with E-state index in [2.05, 4.69) is 9.78 Å². The van der Waals surface area contributed by atoms with Crippen molar-refractivity contribution >= 4 is 23.6 Å². The van der Waals surface area contributed by atoms with Crippen LogP contribution in [0.2, 0.25) is 0 Å². The molecule has 0 aromatic carbocycles. The van der Waals surface area contributed by atoms with Gasteiger partial charge in [-0.25, -0.2) is 19.4 Å². The predicted octanol–water partition coefficient (Wildman–Crippen LogP) is -2.22. The Kier molecular flexibility index (Phi) is 4.96.